The Bertz CT molecular complexity index is 646. The van der Waals surface area contributed by atoms with E-state index in [1.54, 1.807) is 12.1 Å². The van der Waals surface area contributed by atoms with Crippen molar-refractivity contribution in [1.29, 1.82) is 0 Å². The van der Waals surface area contributed by atoms with Crippen LogP contribution in [0.1, 0.15) is 37.6 Å². The van der Waals surface area contributed by atoms with Crippen LogP contribution in [0.25, 0.3) is 0 Å². The third-order valence-corrected chi connectivity index (χ3v) is 4.01. The molecule has 0 bridgehead atoms. The summed E-state index contributed by atoms with van der Waals surface area (Å²) in [6.07, 6.45) is 0.259. The normalized spacial score (nSPS) is 11.1. The van der Waals surface area contributed by atoms with Crippen LogP contribution in [0.15, 0.2) is 18.2 Å². The number of amides is 1. The zero-order chi connectivity index (χ0) is 21.7. The first-order valence-electron chi connectivity index (χ1n) is 9.36. The summed E-state index contributed by atoms with van der Waals surface area (Å²) >= 11 is 2.15. The molecule has 0 spiro atoms. The summed E-state index contributed by atoms with van der Waals surface area (Å²) in [6, 6.07) is 5.27. The first kappa shape index (κ1) is 25.4. The van der Waals surface area contributed by atoms with Crippen LogP contribution in [0.2, 0.25) is 0 Å². The van der Waals surface area contributed by atoms with Crippen LogP contribution >= 0.6 is 22.6 Å². The largest absolute Gasteiger partial charge is 0.490 e. The first-order valence-corrected chi connectivity index (χ1v) is 10.4. The van der Waals surface area contributed by atoms with Crippen LogP contribution in [0, 0.1) is 3.57 Å². The highest BCUT2D eigenvalue weighted by atomic mass is 127. The molecular formula is C20H30INO7. The zero-order valence-corrected chi connectivity index (χ0v) is 19.6. The molecule has 1 rings (SSSR count). The number of nitrogens with one attached hydrogen (secondary N) is 1. The number of hydrogen-bond donors (Lipinski definition) is 1. The number of alkyl carbamates (subject to hydrolysis) is 1. The van der Waals surface area contributed by atoms with Crippen molar-refractivity contribution in [2.45, 2.75) is 32.8 Å². The van der Waals surface area contributed by atoms with Gasteiger partial charge in [-0.3, -0.25) is 0 Å². The van der Waals surface area contributed by atoms with Gasteiger partial charge in [-0.05, 0) is 68.0 Å². The molecule has 1 N–H and O–H groups in total. The Labute approximate surface area is 185 Å². The maximum absolute atomic E-state index is 11.7. The van der Waals surface area contributed by atoms with E-state index in [0.717, 1.165) is 3.57 Å². The van der Waals surface area contributed by atoms with Crippen LogP contribution in [-0.4, -0.2) is 64.4 Å². The number of hydrogen-bond acceptors (Lipinski definition) is 7. The van der Waals surface area contributed by atoms with Crippen molar-refractivity contribution in [2.24, 2.45) is 0 Å². The van der Waals surface area contributed by atoms with Crippen LogP contribution in [0.4, 0.5) is 4.79 Å². The van der Waals surface area contributed by atoms with Crippen molar-refractivity contribution in [1.82, 2.24) is 5.32 Å². The first-order chi connectivity index (χ1) is 13.7. The van der Waals surface area contributed by atoms with Gasteiger partial charge in [0.15, 0.2) is 0 Å². The van der Waals surface area contributed by atoms with Gasteiger partial charge in [0.1, 0.15) is 23.5 Å². The summed E-state index contributed by atoms with van der Waals surface area (Å²) in [5, 5.41) is 2.67. The maximum atomic E-state index is 11.7. The molecule has 1 aromatic carbocycles. The molecule has 1 amide bonds. The number of halogens is 1. The Balaban J connectivity index is 2.06. The summed E-state index contributed by atoms with van der Waals surface area (Å²) in [5.74, 6) is 0.0352. The molecule has 0 atom stereocenters. The van der Waals surface area contributed by atoms with E-state index in [2.05, 4.69) is 27.9 Å². The second-order valence-corrected chi connectivity index (χ2v) is 8.23. The molecule has 0 unspecified atom stereocenters. The third-order valence-electron chi connectivity index (χ3n) is 3.34. The number of benzene rings is 1. The Kier molecular flexibility index (Phi) is 11.9. The van der Waals surface area contributed by atoms with E-state index in [9.17, 15) is 9.59 Å². The molecule has 0 saturated heterocycles. The minimum atomic E-state index is -0.499. The number of methoxy groups -OCH3 is 1. The summed E-state index contributed by atoms with van der Waals surface area (Å²) in [7, 11) is 1.33. The molecule has 29 heavy (non-hydrogen) atoms. The molecule has 0 aromatic heterocycles. The van der Waals surface area contributed by atoms with Gasteiger partial charge in [-0.1, -0.05) is 0 Å². The Hall–Kier alpha value is -1.59. The van der Waals surface area contributed by atoms with Gasteiger partial charge in [-0.2, -0.15) is 0 Å². The van der Waals surface area contributed by atoms with E-state index >= 15 is 0 Å². The molecule has 1 aromatic rings. The summed E-state index contributed by atoms with van der Waals surface area (Å²) in [6.45, 7) is 8.02. The number of carbonyl (C=O) groups is 2. The van der Waals surface area contributed by atoms with E-state index in [0.29, 0.717) is 57.3 Å². The number of ether oxygens (including phenoxy) is 5. The smallest absolute Gasteiger partial charge is 0.407 e. The lowest BCUT2D eigenvalue weighted by molar-refractivity contribution is 0.0342. The van der Waals surface area contributed by atoms with Crippen molar-refractivity contribution >= 4 is 34.7 Å². The predicted molar refractivity (Wildman–Crippen MR) is 116 cm³/mol. The van der Waals surface area contributed by atoms with E-state index in [1.165, 1.54) is 7.11 Å². The van der Waals surface area contributed by atoms with Crippen LogP contribution < -0.4 is 10.1 Å². The minimum Gasteiger partial charge on any atom is -0.490 e. The van der Waals surface area contributed by atoms with Gasteiger partial charge in [0.2, 0.25) is 0 Å². The molecule has 9 heteroatoms. The minimum absolute atomic E-state index is 0.309. The molecule has 0 heterocycles. The van der Waals surface area contributed by atoms with Crippen molar-refractivity contribution in [2.75, 3.05) is 46.7 Å². The predicted octanol–water partition coefficient (Wildman–Crippen LogP) is 3.40. The van der Waals surface area contributed by atoms with Crippen LogP contribution in [0.5, 0.6) is 5.75 Å². The molecule has 0 aliphatic heterocycles. The van der Waals surface area contributed by atoms with Gasteiger partial charge in [0.25, 0.3) is 0 Å². The molecule has 0 radical (unpaired) electrons. The SMILES string of the molecule is COC(=O)c1ccc(I)cc1OCCOCCOCCCNC(=O)OC(C)(C)C. The number of esters is 1. The van der Waals surface area contributed by atoms with Gasteiger partial charge in [-0.15, -0.1) is 0 Å². The number of rotatable bonds is 12. The Morgan fingerprint density at radius 2 is 1.69 bits per heavy atom. The lowest BCUT2D eigenvalue weighted by Crippen LogP contribution is -2.33. The fourth-order valence-corrected chi connectivity index (χ4v) is 2.57. The zero-order valence-electron chi connectivity index (χ0n) is 17.4. The second-order valence-electron chi connectivity index (χ2n) is 6.99. The van der Waals surface area contributed by atoms with Crippen molar-refractivity contribution < 1.29 is 33.3 Å². The highest BCUT2D eigenvalue weighted by Crippen LogP contribution is 2.22. The van der Waals surface area contributed by atoms with Crippen LogP contribution in [-0.2, 0) is 18.9 Å². The van der Waals surface area contributed by atoms with Crippen molar-refractivity contribution in [3.05, 3.63) is 27.3 Å². The second kappa shape index (κ2) is 13.6. The topological polar surface area (TPSA) is 92.3 Å². The highest BCUT2D eigenvalue weighted by molar-refractivity contribution is 14.1. The summed E-state index contributed by atoms with van der Waals surface area (Å²) in [4.78, 5) is 23.2. The molecule has 0 aliphatic carbocycles. The molecule has 0 saturated carbocycles. The lowest BCUT2D eigenvalue weighted by atomic mass is 10.2. The molecular weight excluding hydrogens is 493 g/mol. The van der Waals surface area contributed by atoms with E-state index < -0.39 is 17.7 Å². The fourth-order valence-electron chi connectivity index (χ4n) is 2.11. The van der Waals surface area contributed by atoms with Gasteiger partial charge in [0, 0.05) is 16.7 Å². The molecule has 0 aliphatic rings. The quantitative estimate of drug-likeness (QED) is 0.255. The van der Waals surface area contributed by atoms with Gasteiger partial charge >= 0.3 is 12.1 Å². The Morgan fingerprint density at radius 1 is 1.03 bits per heavy atom. The van der Waals surface area contributed by atoms with Gasteiger partial charge in [-0.25, -0.2) is 9.59 Å². The summed E-state index contributed by atoms with van der Waals surface area (Å²) < 4.78 is 27.4. The molecule has 164 valence electrons. The molecule has 8 nitrogen and oxygen atoms in total. The van der Waals surface area contributed by atoms with Gasteiger partial charge in [0.05, 0.1) is 26.9 Å². The van der Waals surface area contributed by atoms with E-state index in [-0.39, 0.29) is 0 Å². The monoisotopic (exact) mass is 523 g/mol. The van der Waals surface area contributed by atoms with E-state index in [1.807, 2.05) is 26.8 Å². The van der Waals surface area contributed by atoms with Crippen molar-refractivity contribution in [3.8, 4) is 5.75 Å². The standard InChI is InChI=1S/C20H30INO7/c1-20(2,3)29-19(24)22-8-5-9-26-10-11-27-12-13-28-17-14-15(21)6-7-16(17)18(23)25-4/h6-7,14H,5,8-13H2,1-4H3,(H,22,24). The average molecular weight is 523 g/mol. The average Bonchev–Trinajstić information content (AvgIpc) is 2.64. The molecule has 0 fully saturated rings. The third kappa shape index (κ3) is 11.9. The summed E-state index contributed by atoms with van der Waals surface area (Å²) in [5.41, 5.74) is -0.113. The van der Waals surface area contributed by atoms with Crippen LogP contribution in [0.3, 0.4) is 0 Å². The Morgan fingerprint density at radius 3 is 2.34 bits per heavy atom. The fraction of sp³-hybridized carbons (Fsp3) is 0.600. The lowest BCUT2D eigenvalue weighted by Gasteiger charge is -2.19. The number of carbonyl (C=O) groups excluding carboxylic acids is 2. The maximum Gasteiger partial charge on any atom is 0.407 e. The van der Waals surface area contributed by atoms with Gasteiger partial charge < -0.3 is 29.0 Å². The van der Waals surface area contributed by atoms with Crippen molar-refractivity contribution in [3.63, 3.8) is 0 Å². The highest BCUT2D eigenvalue weighted by Gasteiger charge is 2.15. The van der Waals surface area contributed by atoms with E-state index in [4.69, 9.17) is 23.7 Å².